The van der Waals surface area contributed by atoms with Crippen LogP contribution in [0.3, 0.4) is 0 Å². The predicted octanol–water partition coefficient (Wildman–Crippen LogP) is 2.62. The van der Waals surface area contributed by atoms with E-state index in [2.05, 4.69) is 31.9 Å². The van der Waals surface area contributed by atoms with Gasteiger partial charge < -0.3 is 4.52 Å². The van der Waals surface area contributed by atoms with Gasteiger partial charge in [0.15, 0.2) is 0 Å². The Labute approximate surface area is 65.7 Å². The number of rotatable bonds is 3. The first-order valence-corrected chi connectivity index (χ1v) is 6.18. The second-order valence-corrected chi connectivity index (χ2v) is 6.72. The molecule has 50 valence electrons. The first-order chi connectivity index (χ1) is 3.68. The lowest BCUT2D eigenvalue weighted by atomic mass is 11.8. The number of alkyl halides is 2. The SMILES string of the molecule is COP(=O)(CBr)CBr. The average molecular weight is 266 g/mol. The summed E-state index contributed by atoms with van der Waals surface area (Å²) in [5.41, 5.74) is 0. The summed E-state index contributed by atoms with van der Waals surface area (Å²) < 4.78 is 15.7. The molecule has 0 aliphatic heterocycles. The van der Waals surface area contributed by atoms with Gasteiger partial charge in [-0.15, -0.1) is 0 Å². The predicted molar refractivity (Wildman–Crippen MR) is 42.2 cm³/mol. The van der Waals surface area contributed by atoms with Crippen molar-refractivity contribution in [3.63, 3.8) is 0 Å². The van der Waals surface area contributed by atoms with Gasteiger partial charge in [-0.1, -0.05) is 31.9 Å². The van der Waals surface area contributed by atoms with Crippen molar-refractivity contribution in [3.8, 4) is 0 Å². The minimum absolute atomic E-state index is 0.418. The fraction of sp³-hybridized carbons (Fsp3) is 1.00. The molecule has 0 aromatic carbocycles. The van der Waals surface area contributed by atoms with Crippen molar-refractivity contribution in [2.45, 2.75) is 0 Å². The maximum absolute atomic E-state index is 11.0. The lowest BCUT2D eigenvalue weighted by Crippen LogP contribution is -1.85. The molecule has 0 saturated heterocycles. The van der Waals surface area contributed by atoms with E-state index in [1.54, 1.807) is 0 Å². The van der Waals surface area contributed by atoms with Crippen LogP contribution in [-0.2, 0) is 9.09 Å². The summed E-state index contributed by atoms with van der Waals surface area (Å²) in [5, 5.41) is 0.837. The van der Waals surface area contributed by atoms with Crippen LogP contribution >= 0.6 is 39.2 Å². The summed E-state index contributed by atoms with van der Waals surface area (Å²) in [4.78, 5) is 0. The van der Waals surface area contributed by atoms with Crippen LogP contribution in [0.5, 0.6) is 0 Å². The summed E-state index contributed by atoms with van der Waals surface area (Å²) in [7, 11) is -0.881. The van der Waals surface area contributed by atoms with E-state index in [4.69, 9.17) is 4.52 Å². The van der Waals surface area contributed by atoms with Crippen molar-refractivity contribution >= 4 is 39.2 Å². The zero-order valence-electron chi connectivity index (χ0n) is 4.43. The largest absolute Gasteiger partial charge is 0.331 e. The molecule has 8 heavy (non-hydrogen) atoms. The van der Waals surface area contributed by atoms with Gasteiger partial charge in [-0.3, -0.25) is 4.57 Å². The van der Waals surface area contributed by atoms with E-state index in [1.807, 2.05) is 0 Å². The second kappa shape index (κ2) is 4.04. The molecule has 0 saturated carbocycles. The van der Waals surface area contributed by atoms with E-state index < -0.39 is 7.37 Å². The second-order valence-electron chi connectivity index (χ2n) is 1.24. The highest BCUT2D eigenvalue weighted by Crippen LogP contribution is 2.48. The summed E-state index contributed by atoms with van der Waals surface area (Å²) in [6.07, 6.45) is 0. The monoisotopic (exact) mass is 264 g/mol. The van der Waals surface area contributed by atoms with Crippen LogP contribution in [0.2, 0.25) is 0 Å². The van der Waals surface area contributed by atoms with Crippen LogP contribution in [0, 0.1) is 0 Å². The van der Waals surface area contributed by atoms with Crippen LogP contribution < -0.4 is 0 Å². The van der Waals surface area contributed by atoms with E-state index in [0.29, 0.717) is 10.1 Å². The van der Waals surface area contributed by atoms with Crippen LogP contribution in [0.4, 0.5) is 0 Å². The summed E-state index contributed by atoms with van der Waals surface area (Å²) in [6.45, 7) is 0. The van der Waals surface area contributed by atoms with Gasteiger partial charge in [0, 0.05) is 7.11 Å². The minimum atomic E-state index is -2.33. The molecular formula is C3H7Br2O2P. The number of halogens is 2. The molecule has 5 heteroatoms. The maximum Gasteiger partial charge on any atom is 0.223 e. The van der Waals surface area contributed by atoms with Gasteiger partial charge >= 0.3 is 0 Å². The van der Waals surface area contributed by atoms with Crippen molar-refractivity contribution < 1.29 is 9.09 Å². The molecular weight excluding hydrogens is 259 g/mol. The Hall–Kier alpha value is 1.15. The molecule has 0 rings (SSSR count). The molecule has 0 aromatic heterocycles. The molecule has 0 heterocycles. The molecule has 0 amide bonds. The molecule has 0 spiro atoms. The van der Waals surface area contributed by atoms with Gasteiger partial charge in [0.1, 0.15) is 0 Å². The molecule has 0 radical (unpaired) electrons. The van der Waals surface area contributed by atoms with Crippen molar-refractivity contribution in [2.75, 3.05) is 17.3 Å². The molecule has 0 atom stereocenters. The lowest BCUT2D eigenvalue weighted by Gasteiger charge is -2.07. The molecule has 0 bridgehead atoms. The molecule has 0 N–H and O–H groups in total. The van der Waals surface area contributed by atoms with Gasteiger partial charge in [-0.05, 0) is 0 Å². The van der Waals surface area contributed by atoms with E-state index >= 15 is 0 Å². The molecule has 0 aromatic rings. The number of hydrogen-bond acceptors (Lipinski definition) is 2. The minimum Gasteiger partial charge on any atom is -0.331 e. The lowest BCUT2D eigenvalue weighted by molar-refractivity contribution is 0.402. The summed E-state index contributed by atoms with van der Waals surface area (Å²) in [5.74, 6) is 0. The van der Waals surface area contributed by atoms with Gasteiger partial charge in [-0.2, -0.15) is 0 Å². The van der Waals surface area contributed by atoms with Crippen molar-refractivity contribution in [3.05, 3.63) is 0 Å². The zero-order chi connectivity index (χ0) is 6.62. The molecule has 0 fully saturated rings. The fourth-order valence-electron chi connectivity index (χ4n) is 0.130. The van der Waals surface area contributed by atoms with E-state index in [0.717, 1.165) is 0 Å². The average Bonchev–Trinajstić information content (AvgIpc) is 1.87. The van der Waals surface area contributed by atoms with Gasteiger partial charge in [0.05, 0.1) is 10.1 Å². The van der Waals surface area contributed by atoms with Crippen LogP contribution in [0.25, 0.3) is 0 Å². The van der Waals surface area contributed by atoms with Crippen LogP contribution in [0.1, 0.15) is 0 Å². The molecule has 0 aliphatic carbocycles. The third kappa shape index (κ3) is 2.62. The first kappa shape index (κ1) is 9.15. The normalized spacial score (nSPS) is 11.9. The number of hydrogen-bond donors (Lipinski definition) is 0. The standard InChI is InChI=1S/C3H7Br2O2P/c1-7-8(6,2-4)3-5/h2-3H2,1H3. The smallest absolute Gasteiger partial charge is 0.223 e. The summed E-state index contributed by atoms with van der Waals surface area (Å²) >= 11 is 6.15. The van der Waals surface area contributed by atoms with Gasteiger partial charge in [0.25, 0.3) is 0 Å². The third-order valence-electron chi connectivity index (χ3n) is 0.697. The highest BCUT2D eigenvalue weighted by atomic mass is 79.9. The Morgan fingerprint density at radius 1 is 1.50 bits per heavy atom. The zero-order valence-corrected chi connectivity index (χ0v) is 8.50. The van der Waals surface area contributed by atoms with Crippen LogP contribution in [-0.4, -0.2) is 17.3 Å². The fourth-order valence-corrected chi connectivity index (χ4v) is 4.11. The van der Waals surface area contributed by atoms with Crippen molar-refractivity contribution in [2.24, 2.45) is 0 Å². The Morgan fingerprint density at radius 3 is 1.88 bits per heavy atom. The topological polar surface area (TPSA) is 26.3 Å². The Balaban J connectivity index is 3.79. The highest BCUT2D eigenvalue weighted by Gasteiger charge is 2.16. The van der Waals surface area contributed by atoms with Gasteiger partial charge in [-0.25, -0.2) is 0 Å². The van der Waals surface area contributed by atoms with Crippen molar-refractivity contribution in [1.82, 2.24) is 0 Å². The highest BCUT2D eigenvalue weighted by molar-refractivity contribution is 9.12. The third-order valence-corrected chi connectivity index (χ3v) is 6.68. The van der Waals surface area contributed by atoms with E-state index in [1.165, 1.54) is 7.11 Å². The Kier molecular flexibility index (Phi) is 4.63. The Morgan fingerprint density at radius 2 is 1.88 bits per heavy atom. The molecule has 0 aliphatic rings. The summed E-state index contributed by atoms with van der Waals surface area (Å²) in [6, 6.07) is 0. The quantitative estimate of drug-likeness (QED) is 0.579. The molecule has 0 unspecified atom stereocenters. The van der Waals surface area contributed by atoms with Crippen LogP contribution in [0.15, 0.2) is 0 Å². The van der Waals surface area contributed by atoms with E-state index in [-0.39, 0.29) is 0 Å². The van der Waals surface area contributed by atoms with Crippen molar-refractivity contribution in [1.29, 1.82) is 0 Å². The maximum atomic E-state index is 11.0. The van der Waals surface area contributed by atoms with E-state index in [9.17, 15) is 4.57 Å². The first-order valence-electron chi connectivity index (χ1n) is 1.94. The molecule has 2 nitrogen and oxygen atoms in total. The van der Waals surface area contributed by atoms with Gasteiger partial charge in [0.2, 0.25) is 7.37 Å². The Bertz CT molecular complexity index is 86.4.